The van der Waals surface area contributed by atoms with Crippen LogP contribution >= 0.6 is 0 Å². The van der Waals surface area contributed by atoms with Crippen LogP contribution in [0.4, 0.5) is 5.69 Å². The number of benzene rings is 2. The number of carbonyl (C=O) groups excluding carboxylic acids is 1. The normalized spacial score (nSPS) is 10.8. The lowest BCUT2D eigenvalue weighted by Crippen LogP contribution is -2.15. The molecule has 0 saturated heterocycles. The van der Waals surface area contributed by atoms with Crippen molar-refractivity contribution in [2.45, 2.75) is 13.8 Å². The highest BCUT2D eigenvalue weighted by atomic mass is 16.4. The fourth-order valence-electron chi connectivity index (χ4n) is 2.62. The summed E-state index contributed by atoms with van der Waals surface area (Å²) in [5.74, 6) is -0.394. The number of carbonyl (C=O) groups is 1. The molecule has 1 heterocycles. The van der Waals surface area contributed by atoms with Crippen molar-refractivity contribution in [3.8, 4) is 11.1 Å². The first-order chi connectivity index (χ1) is 10.5. The van der Waals surface area contributed by atoms with E-state index in [1.54, 1.807) is 6.07 Å². The van der Waals surface area contributed by atoms with Crippen LogP contribution in [0.2, 0.25) is 0 Å². The van der Waals surface area contributed by atoms with E-state index >= 15 is 0 Å². The third-order valence-corrected chi connectivity index (χ3v) is 3.65. The highest BCUT2D eigenvalue weighted by Gasteiger charge is 2.18. The number of nitrogen functional groups attached to an aromatic ring is 1. The van der Waals surface area contributed by atoms with Gasteiger partial charge in [0.1, 0.15) is 11.1 Å². The van der Waals surface area contributed by atoms with Crippen LogP contribution in [-0.4, -0.2) is 5.78 Å². The highest BCUT2D eigenvalue weighted by molar-refractivity contribution is 6.07. The summed E-state index contributed by atoms with van der Waals surface area (Å²) in [7, 11) is 0. The third-order valence-electron chi connectivity index (χ3n) is 3.65. The standard InChI is InChI=1S/C18H15NO3/c1-10-5-3-6-12(9-10)13-7-4-8-14-16(19)15(11(2)20)18(21)22-17(13)14/h3-9H,19H2,1-2H3. The highest BCUT2D eigenvalue weighted by Crippen LogP contribution is 2.32. The van der Waals surface area contributed by atoms with Gasteiger partial charge in [-0.05, 0) is 25.5 Å². The van der Waals surface area contributed by atoms with Gasteiger partial charge < -0.3 is 10.2 Å². The van der Waals surface area contributed by atoms with Gasteiger partial charge in [-0.1, -0.05) is 42.0 Å². The molecule has 2 aromatic carbocycles. The minimum atomic E-state index is -0.697. The monoisotopic (exact) mass is 293 g/mol. The Morgan fingerprint density at radius 1 is 1.14 bits per heavy atom. The SMILES string of the molecule is CC(=O)c1c(N)c2cccc(-c3cccc(C)c3)c2oc1=O. The second-order valence-electron chi connectivity index (χ2n) is 5.29. The Kier molecular flexibility index (Phi) is 3.29. The van der Waals surface area contributed by atoms with Crippen LogP contribution in [0.15, 0.2) is 51.7 Å². The molecule has 0 aliphatic heterocycles. The van der Waals surface area contributed by atoms with Gasteiger partial charge in [-0.3, -0.25) is 4.79 Å². The fourth-order valence-corrected chi connectivity index (χ4v) is 2.62. The first-order valence-electron chi connectivity index (χ1n) is 6.92. The fraction of sp³-hybridized carbons (Fsp3) is 0.111. The molecule has 0 aliphatic rings. The Morgan fingerprint density at radius 2 is 1.86 bits per heavy atom. The molecule has 4 heteroatoms. The molecule has 0 radical (unpaired) electrons. The van der Waals surface area contributed by atoms with Crippen LogP contribution in [0.5, 0.6) is 0 Å². The number of nitrogens with two attached hydrogens (primary N) is 1. The number of hydrogen-bond donors (Lipinski definition) is 1. The van der Waals surface area contributed by atoms with Gasteiger partial charge in [0.2, 0.25) is 0 Å². The summed E-state index contributed by atoms with van der Waals surface area (Å²) in [4.78, 5) is 23.7. The zero-order valence-corrected chi connectivity index (χ0v) is 12.3. The summed E-state index contributed by atoms with van der Waals surface area (Å²) in [5.41, 5.74) is 8.62. The zero-order valence-electron chi connectivity index (χ0n) is 12.3. The Balaban J connectivity index is 2.40. The van der Waals surface area contributed by atoms with Crippen molar-refractivity contribution in [3.05, 3.63) is 64.0 Å². The number of anilines is 1. The first kappa shape index (κ1) is 14.1. The number of rotatable bonds is 2. The molecule has 110 valence electrons. The molecule has 0 amide bonds. The average molecular weight is 293 g/mol. The molecule has 0 aliphatic carbocycles. The summed E-state index contributed by atoms with van der Waals surface area (Å²) >= 11 is 0. The molecule has 22 heavy (non-hydrogen) atoms. The van der Waals surface area contributed by atoms with E-state index in [0.29, 0.717) is 11.0 Å². The minimum Gasteiger partial charge on any atom is -0.421 e. The van der Waals surface area contributed by atoms with Crippen LogP contribution in [0, 0.1) is 6.92 Å². The molecule has 0 atom stereocenters. The first-order valence-corrected chi connectivity index (χ1v) is 6.92. The molecule has 0 saturated carbocycles. The molecule has 2 N–H and O–H groups in total. The van der Waals surface area contributed by atoms with Gasteiger partial charge in [0, 0.05) is 10.9 Å². The molecule has 4 nitrogen and oxygen atoms in total. The van der Waals surface area contributed by atoms with E-state index in [1.807, 2.05) is 43.3 Å². The van der Waals surface area contributed by atoms with Crippen molar-refractivity contribution in [1.29, 1.82) is 0 Å². The molecule has 3 aromatic rings. The number of ketones is 1. The molecule has 0 bridgehead atoms. The van der Waals surface area contributed by atoms with Crippen LogP contribution < -0.4 is 11.4 Å². The maximum Gasteiger partial charge on any atom is 0.349 e. The van der Waals surface area contributed by atoms with E-state index in [4.69, 9.17) is 10.2 Å². The summed E-state index contributed by atoms with van der Waals surface area (Å²) in [6.45, 7) is 3.30. The maximum atomic E-state index is 12.1. The lowest BCUT2D eigenvalue weighted by atomic mass is 9.99. The quantitative estimate of drug-likeness (QED) is 0.579. The van der Waals surface area contributed by atoms with Gasteiger partial charge in [-0.2, -0.15) is 0 Å². The largest absolute Gasteiger partial charge is 0.421 e. The van der Waals surface area contributed by atoms with Crippen molar-refractivity contribution in [3.63, 3.8) is 0 Å². The number of hydrogen-bond acceptors (Lipinski definition) is 4. The van der Waals surface area contributed by atoms with Crippen LogP contribution in [0.3, 0.4) is 0 Å². The molecular formula is C18H15NO3. The Morgan fingerprint density at radius 3 is 2.55 bits per heavy atom. The van der Waals surface area contributed by atoms with Crippen molar-refractivity contribution in [1.82, 2.24) is 0 Å². The van der Waals surface area contributed by atoms with Gasteiger partial charge in [0.25, 0.3) is 0 Å². The van der Waals surface area contributed by atoms with Gasteiger partial charge in [-0.15, -0.1) is 0 Å². The number of para-hydroxylation sites is 1. The van der Waals surface area contributed by atoms with E-state index in [1.165, 1.54) is 6.92 Å². The topological polar surface area (TPSA) is 73.3 Å². The molecular weight excluding hydrogens is 278 g/mol. The minimum absolute atomic E-state index is 0.0890. The van der Waals surface area contributed by atoms with Gasteiger partial charge in [0.15, 0.2) is 5.78 Å². The summed E-state index contributed by atoms with van der Waals surface area (Å²) in [5, 5.41) is 0.573. The Labute approximate surface area is 127 Å². The maximum absolute atomic E-state index is 12.1. The lowest BCUT2D eigenvalue weighted by molar-refractivity contribution is 0.101. The molecule has 1 aromatic heterocycles. The van der Waals surface area contributed by atoms with Crippen LogP contribution in [0.1, 0.15) is 22.8 Å². The summed E-state index contributed by atoms with van der Waals surface area (Å²) in [6, 6.07) is 13.3. The Hall–Kier alpha value is -2.88. The number of aryl methyl sites for hydroxylation is 1. The third kappa shape index (κ3) is 2.19. The van der Waals surface area contributed by atoms with Gasteiger partial charge >= 0.3 is 5.63 Å². The second-order valence-corrected chi connectivity index (χ2v) is 5.29. The molecule has 3 rings (SSSR count). The average Bonchev–Trinajstić information content (AvgIpc) is 2.46. The summed E-state index contributed by atoms with van der Waals surface area (Å²) < 4.78 is 5.40. The Bertz CT molecular complexity index is 954. The van der Waals surface area contributed by atoms with Crippen molar-refractivity contribution >= 4 is 22.4 Å². The molecule has 0 unspecified atom stereocenters. The van der Waals surface area contributed by atoms with Crippen molar-refractivity contribution in [2.75, 3.05) is 5.73 Å². The molecule has 0 spiro atoms. The predicted octanol–water partition coefficient (Wildman–Crippen LogP) is 3.55. The molecule has 0 fully saturated rings. The van der Waals surface area contributed by atoms with Crippen molar-refractivity contribution in [2.24, 2.45) is 0 Å². The smallest absolute Gasteiger partial charge is 0.349 e. The van der Waals surface area contributed by atoms with E-state index in [9.17, 15) is 9.59 Å². The van der Waals surface area contributed by atoms with Crippen LogP contribution in [0.25, 0.3) is 22.1 Å². The van der Waals surface area contributed by atoms with Gasteiger partial charge in [0.05, 0.1) is 5.69 Å². The number of fused-ring (bicyclic) bond motifs is 1. The second kappa shape index (κ2) is 5.15. The van der Waals surface area contributed by atoms with Crippen LogP contribution in [-0.2, 0) is 0 Å². The number of Topliss-reactive ketones (excluding diaryl/α,β-unsaturated/α-hetero) is 1. The lowest BCUT2D eigenvalue weighted by Gasteiger charge is -2.09. The summed E-state index contributed by atoms with van der Waals surface area (Å²) in [6.07, 6.45) is 0. The zero-order chi connectivity index (χ0) is 15.9. The predicted molar refractivity (Wildman–Crippen MR) is 87.1 cm³/mol. The van der Waals surface area contributed by atoms with E-state index in [0.717, 1.165) is 16.7 Å². The van der Waals surface area contributed by atoms with E-state index in [-0.39, 0.29) is 11.3 Å². The van der Waals surface area contributed by atoms with Gasteiger partial charge in [-0.25, -0.2) is 4.79 Å². The van der Waals surface area contributed by atoms with E-state index < -0.39 is 11.4 Å². The van der Waals surface area contributed by atoms with E-state index in [2.05, 4.69) is 0 Å². The van der Waals surface area contributed by atoms with Crippen molar-refractivity contribution < 1.29 is 9.21 Å².